The van der Waals surface area contributed by atoms with Crippen LogP contribution in [-0.2, 0) is 22.5 Å². The van der Waals surface area contributed by atoms with Crippen LogP contribution in [0.1, 0.15) is 33.5 Å². The van der Waals surface area contributed by atoms with E-state index in [1.54, 1.807) is 25.1 Å². The summed E-state index contributed by atoms with van der Waals surface area (Å²) in [4.78, 5) is 39.1. The number of allylic oxidation sites excluding steroid dienone is 1. The summed E-state index contributed by atoms with van der Waals surface area (Å²) in [5, 5.41) is 10.5. The van der Waals surface area contributed by atoms with Gasteiger partial charge in [-0.2, -0.15) is 0 Å². The molecule has 8 nitrogen and oxygen atoms in total. The number of thioether (sulfide) groups is 1. The summed E-state index contributed by atoms with van der Waals surface area (Å²) in [6.45, 7) is 6.45. The molecule has 0 N–H and O–H groups in total. The monoisotopic (exact) mass is 450 g/mol. The van der Waals surface area contributed by atoms with Gasteiger partial charge in [0.05, 0.1) is 12.4 Å². The maximum atomic E-state index is 13.1. The number of amides is 2. The third-order valence-corrected chi connectivity index (χ3v) is 6.08. The van der Waals surface area contributed by atoms with Crippen LogP contribution in [0.3, 0.4) is 0 Å². The maximum Gasteiger partial charge on any atom is 0.316 e. The average Bonchev–Trinajstić information content (AvgIpc) is 3.18. The average molecular weight is 451 g/mol. The van der Waals surface area contributed by atoms with Crippen LogP contribution in [0.5, 0.6) is 0 Å². The standard InChI is InChI=1S/C23H22N4O4S/c1-3-12-26-18(24-25-23(26)32-14-19(28)31-4-2)11-13-27-21(29)16-9-5-7-15-8-6-10-17(20(15)16)22(27)30/h3,5-10H,1,4,11-14H2,2H3. The van der Waals surface area contributed by atoms with Crippen LogP contribution < -0.4 is 0 Å². The number of hydrogen-bond donors (Lipinski definition) is 0. The Kier molecular flexibility index (Phi) is 6.36. The zero-order chi connectivity index (χ0) is 22.7. The van der Waals surface area contributed by atoms with Crippen LogP contribution in [0.15, 0.2) is 54.2 Å². The van der Waals surface area contributed by atoms with Crippen molar-refractivity contribution in [2.75, 3.05) is 18.9 Å². The third kappa shape index (κ3) is 4.03. The van der Waals surface area contributed by atoms with Crippen LogP contribution in [0, 0.1) is 0 Å². The molecular formula is C23H22N4O4S. The Morgan fingerprint density at radius 3 is 2.44 bits per heavy atom. The maximum absolute atomic E-state index is 13.1. The van der Waals surface area contributed by atoms with Crippen molar-refractivity contribution in [3.05, 3.63) is 66.0 Å². The van der Waals surface area contributed by atoms with E-state index >= 15 is 0 Å². The highest BCUT2D eigenvalue weighted by molar-refractivity contribution is 7.99. The summed E-state index contributed by atoms with van der Waals surface area (Å²) in [6.07, 6.45) is 2.03. The number of hydrogen-bond acceptors (Lipinski definition) is 7. The molecule has 1 aliphatic heterocycles. The predicted octanol–water partition coefficient (Wildman–Crippen LogP) is 3.11. The molecule has 0 spiro atoms. The molecule has 0 atom stereocenters. The molecule has 2 aromatic carbocycles. The highest BCUT2D eigenvalue weighted by Gasteiger charge is 2.32. The van der Waals surface area contributed by atoms with Gasteiger partial charge in [0.25, 0.3) is 11.8 Å². The van der Waals surface area contributed by atoms with E-state index < -0.39 is 0 Å². The Balaban J connectivity index is 1.53. The van der Waals surface area contributed by atoms with Crippen molar-refractivity contribution in [2.45, 2.75) is 25.0 Å². The number of nitrogens with zero attached hydrogens (tertiary/aromatic N) is 4. The first-order chi connectivity index (χ1) is 15.5. The van der Waals surface area contributed by atoms with Gasteiger partial charge in [0.15, 0.2) is 5.16 Å². The quantitative estimate of drug-likeness (QED) is 0.214. The molecule has 2 amide bonds. The zero-order valence-electron chi connectivity index (χ0n) is 17.6. The lowest BCUT2D eigenvalue weighted by atomic mass is 9.94. The van der Waals surface area contributed by atoms with Crippen LogP contribution in [0.4, 0.5) is 0 Å². The van der Waals surface area contributed by atoms with Crippen molar-refractivity contribution in [3.8, 4) is 0 Å². The van der Waals surface area contributed by atoms with Crippen molar-refractivity contribution in [1.82, 2.24) is 19.7 Å². The Labute approximate surface area is 189 Å². The number of ether oxygens (including phenoxy) is 1. The third-order valence-electron chi connectivity index (χ3n) is 5.14. The van der Waals surface area contributed by atoms with Gasteiger partial charge in [-0.1, -0.05) is 42.1 Å². The predicted molar refractivity (Wildman–Crippen MR) is 121 cm³/mol. The van der Waals surface area contributed by atoms with Gasteiger partial charge in [-0.05, 0) is 24.4 Å². The van der Waals surface area contributed by atoms with Crippen molar-refractivity contribution in [1.29, 1.82) is 0 Å². The molecular weight excluding hydrogens is 428 g/mol. The van der Waals surface area contributed by atoms with Crippen LogP contribution in [0.25, 0.3) is 10.8 Å². The fourth-order valence-electron chi connectivity index (χ4n) is 3.74. The first kappa shape index (κ1) is 21.8. The Morgan fingerprint density at radius 2 is 1.81 bits per heavy atom. The molecule has 0 saturated heterocycles. The van der Waals surface area contributed by atoms with Gasteiger partial charge in [-0.3, -0.25) is 19.3 Å². The van der Waals surface area contributed by atoms with Gasteiger partial charge in [-0.15, -0.1) is 16.8 Å². The zero-order valence-corrected chi connectivity index (χ0v) is 18.4. The first-order valence-corrected chi connectivity index (χ1v) is 11.2. The van der Waals surface area contributed by atoms with Crippen LogP contribution >= 0.6 is 11.8 Å². The molecule has 1 aromatic heterocycles. The van der Waals surface area contributed by atoms with Crippen molar-refractivity contribution in [3.63, 3.8) is 0 Å². The van der Waals surface area contributed by atoms with Gasteiger partial charge >= 0.3 is 5.97 Å². The molecule has 164 valence electrons. The van der Waals surface area contributed by atoms with Gasteiger partial charge in [0.2, 0.25) is 0 Å². The molecule has 0 bridgehead atoms. The molecule has 0 radical (unpaired) electrons. The fraction of sp³-hybridized carbons (Fsp3) is 0.261. The lowest BCUT2D eigenvalue weighted by Crippen LogP contribution is -2.41. The van der Waals surface area contributed by atoms with Gasteiger partial charge in [0, 0.05) is 36.0 Å². The second-order valence-corrected chi connectivity index (χ2v) is 8.06. The van der Waals surface area contributed by atoms with E-state index in [2.05, 4.69) is 16.8 Å². The summed E-state index contributed by atoms with van der Waals surface area (Å²) in [7, 11) is 0. The van der Waals surface area contributed by atoms with E-state index in [1.807, 2.05) is 28.8 Å². The van der Waals surface area contributed by atoms with E-state index in [9.17, 15) is 14.4 Å². The largest absolute Gasteiger partial charge is 0.465 e. The Bertz CT molecular complexity index is 1170. The normalized spacial score (nSPS) is 13.0. The van der Waals surface area contributed by atoms with Crippen molar-refractivity contribution >= 4 is 40.3 Å². The molecule has 1 aliphatic rings. The number of aromatic nitrogens is 3. The van der Waals surface area contributed by atoms with Crippen LogP contribution in [-0.4, -0.2) is 56.4 Å². The van der Waals surface area contributed by atoms with Crippen molar-refractivity contribution < 1.29 is 19.1 Å². The first-order valence-electron chi connectivity index (χ1n) is 10.2. The number of benzene rings is 2. The SMILES string of the molecule is C=CCn1c(CCN2C(=O)c3cccc4cccc(c34)C2=O)nnc1SCC(=O)OCC. The van der Waals surface area contributed by atoms with Crippen LogP contribution in [0.2, 0.25) is 0 Å². The molecule has 2 heterocycles. The van der Waals surface area contributed by atoms with Crippen molar-refractivity contribution in [2.24, 2.45) is 0 Å². The smallest absolute Gasteiger partial charge is 0.316 e. The Morgan fingerprint density at radius 1 is 1.12 bits per heavy atom. The second-order valence-electron chi connectivity index (χ2n) is 7.11. The summed E-state index contributed by atoms with van der Waals surface area (Å²) in [5.74, 6) is -0.233. The lowest BCUT2D eigenvalue weighted by molar-refractivity contribution is -0.139. The second kappa shape index (κ2) is 9.35. The highest BCUT2D eigenvalue weighted by Crippen LogP contribution is 2.30. The lowest BCUT2D eigenvalue weighted by Gasteiger charge is -2.27. The van der Waals surface area contributed by atoms with E-state index in [4.69, 9.17) is 4.74 Å². The van der Waals surface area contributed by atoms with E-state index in [0.29, 0.717) is 47.1 Å². The minimum atomic E-state index is -0.329. The topological polar surface area (TPSA) is 94.4 Å². The van der Waals surface area contributed by atoms with E-state index in [1.165, 1.54) is 16.7 Å². The Hall–Kier alpha value is -3.46. The van der Waals surface area contributed by atoms with Gasteiger partial charge in [0.1, 0.15) is 5.82 Å². The summed E-state index contributed by atoms with van der Waals surface area (Å²) in [5.41, 5.74) is 1.05. The summed E-state index contributed by atoms with van der Waals surface area (Å²) < 4.78 is 6.78. The molecule has 3 aromatic rings. The minimum Gasteiger partial charge on any atom is -0.465 e. The number of esters is 1. The molecule has 0 fully saturated rings. The summed E-state index contributed by atoms with van der Waals surface area (Å²) >= 11 is 1.23. The number of rotatable bonds is 9. The number of imide groups is 1. The van der Waals surface area contributed by atoms with E-state index in [-0.39, 0.29) is 30.1 Å². The van der Waals surface area contributed by atoms with E-state index in [0.717, 1.165) is 5.39 Å². The molecule has 0 saturated carbocycles. The molecule has 0 aliphatic carbocycles. The highest BCUT2D eigenvalue weighted by atomic mass is 32.2. The van der Waals surface area contributed by atoms with Gasteiger partial charge in [-0.25, -0.2) is 0 Å². The molecule has 9 heteroatoms. The molecule has 4 rings (SSSR count). The van der Waals surface area contributed by atoms with Gasteiger partial charge < -0.3 is 9.30 Å². The fourth-order valence-corrected chi connectivity index (χ4v) is 4.51. The number of carbonyl (C=O) groups is 3. The summed E-state index contributed by atoms with van der Waals surface area (Å²) in [6, 6.07) is 10.9. The minimum absolute atomic E-state index is 0.118. The number of carbonyl (C=O) groups excluding carboxylic acids is 3. The molecule has 0 unspecified atom stereocenters. The molecule has 32 heavy (non-hydrogen) atoms.